The van der Waals surface area contributed by atoms with Crippen molar-refractivity contribution < 1.29 is 4.74 Å². The normalized spacial score (nSPS) is 25.4. The minimum absolute atomic E-state index is 0.496. The van der Waals surface area contributed by atoms with Crippen molar-refractivity contribution in [1.29, 1.82) is 0 Å². The van der Waals surface area contributed by atoms with Gasteiger partial charge in [0.2, 0.25) is 0 Å². The van der Waals surface area contributed by atoms with E-state index < -0.39 is 0 Å². The summed E-state index contributed by atoms with van der Waals surface area (Å²) in [5.74, 6) is 0. The molecule has 2 nitrogen and oxygen atoms in total. The fourth-order valence-electron chi connectivity index (χ4n) is 2.13. The number of hydrogen-bond acceptors (Lipinski definition) is 2. The first kappa shape index (κ1) is 13.7. The van der Waals surface area contributed by atoms with Crippen LogP contribution in [0.4, 0.5) is 0 Å². The Morgan fingerprint density at radius 1 is 1.25 bits per heavy atom. The second-order valence-corrected chi connectivity index (χ2v) is 5.04. The lowest BCUT2D eigenvalue weighted by Crippen LogP contribution is -2.35. The maximum absolute atomic E-state index is 5.84. The highest BCUT2D eigenvalue weighted by atomic mass is 16.5. The van der Waals surface area contributed by atoms with Crippen LogP contribution in [0.15, 0.2) is 11.6 Å². The Morgan fingerprint density at radius 3 is 2.50 bits per heavy atom. The molecule has 0 spiro atoms. The van der Waals surface area contributed by atoms with Crippen molar-refractivity contribution in [2.45, 2.75) is 65.0 Å². The molecular weight excluding hydrogens is 198 g/mol. The third-order valence-electron chi connectivity index (χ3n) is 3.18. The lowest BCUT2D eigenvalue weighted by Gasteiger charge is -2.29. The predicted octanol–water partition coefficient (Wildman–Crippen LogP) is 3.28. The molecule has 94 valence electrons. The Morgan fingerprint density at radius 2 is 1.94 bits per heavy atom. The summed E-state index contributed by atoms with van der Waals surface area (Å²) < 4.78 is 5.84. The summed E-state index contributed by atoms with van der Waals surface area (Å²) in [5, 5.41) is 3.60. The molecule has 1 aliphatic rings. The Labute approximate surface area is 100 Å². The number of rotatable bonds is 6. The van der Waals surface area contributed by atoms with Gasteiger partial charge in [-0.05, 0) is 52.5 Å². The van der Waals surface area contributed by atoms with Gasteiger partial charge in [-0.25, -0.2) is 0 Å². The van der Waals surface area contributed by atoms with Gasteiger partial charge in [-0.2, -0.15) is 0 Å². The van der Waals surface area contributed by atoms with E-state index in [-0.39, 0.29) is 0 Å². The second-order valence-electron chi connectivity index (χ2n) is 5.04. The Balaban J connectivity index is 2.09. The van der Waals surface area contributed by atoms with Gasteiger partial charge >= 0.3 is 0 Å². The molecule has 0 aromatic carbocycles. The van der Waals surface area contributed by atoms with E-state index in [4.69, 9.17) is 4.74 Å². The molecule has 0 aromatic rings. The first-order chi connectivity index (χ1) is 7.72. The zero-order valence-corrected chi connectivity index (χ0v) is 11.1. The van der Waals surface area contributed by atoms with Crippen LogP contribution in [-0.4, -0.2) is 25.3 Å². The summed E-state index contributed by atoms with van der Waals surface area (Å²) in [5.41, 5.74) is 1.35. The molecule has 2 heteroatoms. The Hall–Kier alpha value is -0.340. The van der Waals surface area contributed by atoms with E-state index in [2.05, 4.69) is 32.2 Å². The van der Waals surface area contributed by atoms with Gasteiger partial charge in [0.15, 0.2) is 0 Å². The smallest absolute Gasteiger partial charge is 0.0653 e. The fraction of sp³-hybridized carbons (Fsp3) is 0.857. The number of hydrogen-bond donors (Lipinski definition) is 1. The molecule has 0 saturated heterocycles. The van der Waals surface area contributed by atoms with Crippen molar-refractivity contribution in [2.24, 2.45) is 0 Å². The lowest BCUT2D eigenvalue weighted by molar-refractivity contribution is 0.0394. The topological polar surface area (TPSA) is 21.3 Å². The molecular formula is C14H27NO. The summed E-state index contributed by atoms with van der Waals surface area (Å²) >= 11 is 0. The third-order valence-corrected chi connectivity index (χ3v) is 3.18. The van der Waals surface area contributed by atoms with Crippen molar-refractivity contribution in [3.05, 3.63) is 11.6 Å². The van der Waals surface area contributed by atoms with Crippen molar-refractivity contribution in [3.8, 4) is 0 Å². The minimum atomic E-state index is 0.496. The largest absolute Gasteiger partial charge is 0.374 e. The highest BCUT2D eigenvalue weighted by Crippen LogP contribution is 2.21. The van der Waals surface area contributed by atoms with Crippen molar-refractivity contribution in [3.63, 3.8) is 0 Å². The summed E-state index contributed by atoms with van der Waals surface area (Å²) in [6.45, 7) is 8.42. The van der Waals surface area contributed by atoms with Crippen LogP contribution in [-0.2, 0) is 4.74 Å². The average Bonchev–Trinajstić information content (AvgIpc) is 2.27. The second kappa shape index (κ2) is 7.86. The van der Waals surface area contributed by atoms with E-state index in [0.717, 1.165) is 19.2 Å². The van der Waals surface area contributed by atoms with Gasteiger partial charge in [0.1, 0.15) is 0 Å². The van der Waals surface area contributed by atoms with E-state index in [1.807, 2.05) is 0 Å². The van der Waals surface area contributed by atoms with E-state index in [0.29, 0.717) is 6.10 Å². The number of nitrogens with one attached hydrogen (secondary N) is 1. The van der Waals surface area contributed by atoms with Crippen LogP contribution in [0.5, 0.6) is 0 Å². The Kier molecular flexibility index (Phi) is 6.74. The molecule has 16 heavy (non-hydrogen) atoms. The standard InChI is InChI=1S/C14H27NO/c1-4-10-15-13-5-7-14(8-6-13)16-11-9-12(2)3/h9,13-15H,4-8,10-11H2,1-3H3. The van der Waals surface area contributed by atoms with Crippen LogP contribution in [0.1, 0.15) is 52.9 Å². The Bertz CT molecular complexity index is 201. The van der Waals surface area contributed by atoms with Crippen LogP contribution in [0.25, 0.3) is 0 Å². The molecule has 0 atom stereocenters. The molecule has 0 amide bonds. The zero-order chi connectivity index (χ0) is 11.8. The molecule has 1 saturated carbocycles. The monoisotopic (exact) mass is 225 g/mol. The molecule has 0 aliphatic heterocycles. The molecule has 1 N–H and O–H groups in total. The summed E-state index contributed by atoms with van der Waals surface area (Å²) in [4.78, 5) is 0. The molecule has 0 aromatic heterocycles. The van der Waals surface area contributed by atoms with Gasteiger partial charge in [0.25, 0.3) is 0 Å². The quantitative estimate of drug-likeness (QED) is 0.700. The van der Waals surface area contributed by atoms with E-state index >= 15 is 0 Å². The first-order valence-corrected chi connectivity index (χ1v) is 6.70. The molecule has 1 rings (SSSR count). The van der Waals surface area contributed by atoms with Crippen molar-refractivity contribution >= 4 is 0 Å². The third kappa shape index (κ3) is 5.66. The number of allylic oxidation sites excluding steroid dienone is 1. The predicted molar refractivity (Wildman–Crippen MR) is 69.7 cm³/mol. The first-order valence-electron chi connectivity index (χ1n) is 6.70. The summed E-state index contributed by atoms with van der Waals surface area (Å²) in [6, 6.07) is 0.739. The van der Waals surface area contributed by atoms with E-state index in [1.54, 1.807) is 0 Å². The highest BCUT2D eigenvalue weighted by Gasteiger charge is 2.20. The minimum Gasteiger partial charge on any atom is -0.374 e. The highest BCUT2D eigenvalue weighted by molar-refractivity contribution is 4.93. The van der Waals surface area contributed by atoms with Gasteiger partial charge in [-0.1, -0.05) is 18.6 Å². The van der Waals surface area contributed by atoms with Crippen LogP contribution >= 0.6 is 0 Å². The average molecular weight is 225 g/mol. The fourth-order valence-corrected chi connectivity index (χ4v) is 2.13. The zero-order valence-electron chi connectivity index (χ0n) is 11.1. The summed E-state index contributed by atoms with van der Waals surface area (Å²) in [7, 11) is 0. The van der Waals surface area contributed by atoms with Crippen LogP contribution in [0, 0.1) is 0 Å². The molecule has 1 aliphatic carbocycles. The molecule has 0 heterocycles. The lowest BCUT2D eigenvalue weighted by atomic mass is 9.93. The molecule has 0 unspecified atom stereocenters. The number of ether oxygens (including phenoxy) is 1. The molecule has 1 fully saturated rings. The van der Waals surface area contributed by atoms with Crippen LogP contribution in [0.2, 0.25) is 0 Å². The van der Waals surface area contributed by atoms with Crippen molar-refractivity contribution in [1.82, 2.24) is 5.32 Å². The van der Waals surface area contributed by atoms with Crippen LogP contribution in [0.3, 0.4) is 0 Å². The van der Waals surface area contributed by atoms with E-state index in [9.17, 15) is 0 Å². The van der Waals surface area contributed by atoms with Gasteiger partial charge in [-0.15, -0.1) is 0 Å². The molecule has 0 bridgehead atoms. The van der Waals surface area contributed by atoms with Gasteiger partial charge in [0.05, 0.1) is 12.7 Å². The summed E-state index contributed by atoms with van der Waals surface area (Å²) in [6.07, 6.45) is 8.89. The van der Waals surface area contributed by atoms with Gasteiger partial charge in [0, 0.05) is 6.04 Å². The molecule has 0 radical (unpaired) electrons. The maximum Gasteiger partial charge on any atom is 0.0653 e. The van der Waals surface area contributed by atoms with E-state index in [1.165, 1.54) is 37.7 Å². The maximum atomic E-state index is 5.84. The van der Waals surface area contributed by atoms with Crippen molar-refractivity contribution in [2.75, 3.05) is 13.2 Å². The van der Waals surface area contributed by atoms with Crippen LogP contribution < -0.4 is 5.32 Å². The van der Waals surface area contributed by atoms with Gasteiger partial charge < -0.3 is 10.1 Å². The SMILES string of the molecule is CCCNC1CCC(OCC=C(C)C)CC1. The van der Waals surface area contributed by atoms with Gasteiger partial charge in [-0.3, -0.25) is 0 Å².